The van der Waals surface area contributed by atoms with Crippen LogP contribution in [0.15, 0.2) is 45.3 Å². The Morgan fingerprint density at radius 2 is 1.73 bits per heavy atom. The van der Waals surface area contributed by atoms with E-state index >= 15 is 0 Å². The largest absolute Gasteiger partial charge is 0.496 e. The Bertz CT molecular complexity index is 834. The fourth-order valence-electron chi connectivity index (χ4n) is 2.37. The van der Waals surface area contributed by atoms with Gasteiger partial charge < -0.3 is 13.9 Å². The van der Waals surface area contributed by atoms with Gasteiger partial charge in [-0.1, -0.05) is 28.1 Å². The van der Waals surface area contributed by atoms with Crippen LogP contribution >= 0.6 is 15.9 Å². The van der Waals surface area contributed by atoms with E-state index in [1.807, 2.05) is 30.3 Å². The molecule has 0 bridgehead atoms. The lowest BCUT2D eigenvalue weighted by Gasteiger charge is -2.07. The third-order valence-electron chi connectivity index (χ3n) is 3.46. The Labute approximate surface area is 135 Å². The number of hydrogen-bond acceptors (Lipinski definition) is 4. The van der Waals surface area contributed by atoms with Crippen LogP contribution in [-0.4, -0.2) is 20.5 Å². The van der Waals surface area contributed by atoms with Crippen molar-refractivity contribution in [1.29, 1.82) is 0 Å². The molecule has 4 nitrogen and oxygen atoms in total. The van der Waals surface area contributed by atoms with E-state index in [4.69, 9.17) is 13.9 Å². The maximum absolute atomic E-state index is 11.4. The fourth-order valence-corrected chi connectivity index (χ4v) is 2.63. The zero-order valence-electron chi connectivity index (χ0n) is 12.1. The molecule has 0 aliphatic heterocycles. The standard InChI is InChI=1S/C17H13BrO4/c1-20-15-8-16(21-2)13(9-19)17-12(15)7-14(22-17)10-3-5-11(18)6-4-10/h3-9H,1-2H3. The van der Waals surface area contributed by atoms with E-state index in [2.05, 4.69) is 15.9 Å². The molecule has 0 atom stereocenters. The highest BCUT2D eigenvalue weighted by molar-refractivity contribution is 9.10. The average molecular weight is 361 g/mol. The lowest BCUT2D eigenvalue weighted by Crippen LogP contribution is -1.93. The number of hydrogen-bond donors (Lipinski definition) is 0. The van der Waals surface area contributed by atoms with Crippen molar-refractivity contribution in [3.8, 4) is 22.8 Å². The predicted octanol–water partition coefficient (Wildman–Crippen LogP) is 4.69. The monoisotopic (exact) mass is 360 g/mol. The summed E-state index contributed by atoms with van der Waals surface area (Å²) in [4.78, 5) is 11.4. The van der Waals surface area contributed by atoms with Gasteiger partial charge in [-0.25, -0.2) is 0 Å². The van der Waals surface area contributed by atoms with Crippen molar-refractivity contribution in [3.05, 3.63) is 46.4 Å². The predicted molar refractivity (Wildman–Crippen MR) is 87.8 cm³/mol. The van der Waals surface area contributed by atoms with Gasteiger partial charge in [0.2, 0.25) is 0 Å². The summed E-state index contributed by atoms with van der Waals surface area (Å²) >= 11 is 3.40. The lowest BCUT2D eigenvalue weighted by molar-refractivity contribution is 0.112. The molecule has 0 aliphatic rings. The lowest BCUT2D eigenvalue weighted by atomic mass is 10.1. The summed E-state index contributed by atoms with van der Waals surface area (Å²) < 4.78 is 17.5. The molecule has 112 valence electrons. The molecule has 5 heteroatoms. The van der Waals surface area contributed by atoms with Crippen LogP contribution in [-0.2, 0) is 0 Å². The third-order valence-corrected chi connectivity index (χ3v) is 3.98. The Hall–Kier alpha value is -2.27. The highest BCUT2D eigenvalue weighted by Gasteiger charge is 2.18. The Morgan fingerprint density at radius 3 is 2.32 bits per heavy atom. The number of carbonyl (C=O) groups excluding carboxylic acids is 1. The Balaban J connectivity index is 2.27. The molecule has 0 saturated carbocycles. The molecule has 3 aromatic rings. The van der Waals surface area contributed by atoms with Gasteiger partial charge in [-0.05, 0) is 18.2 Å². The Morgan fingerprint density at radius 1 is 1.05 bits per heavy atom. The van der Waals surface area contributed by atoms with Gasteiger partial charge in [0, 0.05) is 16.1 Å². The van der Waals surface area contributed by atoms with E-state index in [9.17, 15) is 4.79 Å². The van der Waals surface area contributed by atoms with Crippen LogP contribution in [0.5, 0.6) is 11.5 Å². The zero-order chi connectivity index (χ0) is 15.7. The van der Waals surface area contributed by atoms with Crippen LogP contribution in [0.2, 0.25) is 0 Å². The summed E-state index contributed by atoms with van der Waals surface area (Å²) in [7, 11) is 3.08. The first-order valence-corrected chi connectivity index (χ1v) is 7.37. The molecule has 0 aliphatic carbocycles. The van der Waals surface area contributed by atoms with Gasteiger partial charge in [-0.2, -0.15) is 0 Å². The molecule has 0 N–H and O–H groups in total. The second-order valence-electron chi connectivity index (χ2n) is 4.67. The first-order chi connectivity index (χ1) is 10.7. The molecule has 0 unspecified atom stereocenters. The summed E-state index contributed by atoms with van der Waals surface area (Å²) in [5.74, 6) is 1.69. The minimum atomic E-state index is 0.377. The van der Waals surface area contributed by atoms with Gasteiger partial charge in [-0.3, -0.25) is 4.79 Å². The molecule has 22 heavy (non-hydrogen) atoms. The van der Waals surface area contributed by atoms with Crippen molar-refractivity contribution in [2.24, 2.45) is 0 Å². The van der Waals surface area contributed by atoms with Crippen molar-refractivity contribution < 1.29 is 18.7 Å². The summed E-state index contributed by atoms with van der Waals surface area (Å²) in [5, 5.41) is 0.739. The van der Waals surface area contributed by atoms with Crippen LogP contribution in [0.3, 0.4) is 0 Å². The second-order valence-corrected chi connectivity index (χ2v) is 5.59. The third kappa shape index (κ3) is 2.37. The molecule has 0 amide bonds. The van der Waals surface area contributed by atoms with E-state index in [0.717, 1.165) is 21.7 Å². The Kier molecular flexibility index (Phi) is 3.90. The number of carbonyl (C=O) groups is 1. The van der Waals surface area contributed by atoms with Crippen molar-refractivity contribution in [3.63, 3.8) is 0 Å². The minimum absolute atomic E-state index is 0.377. The van der Waals surface area contributed by atoms with E-state index < -0.39 is 0 Å². The van der Waals surface area contributed by atoms with Gasteiger partial charge in [0.05, 0.1) is 25.2 Å². The van der Waals surface area contributed by atoms with E-state index in [-0.39, 0.29) is 0 Å². The number of furan rings is 1. The molecular formula is C17H13BrO4. The number of rotatable bonds is 4. The minimum Gasteiger partial charge on any atom is -0.496 e. The topological polar surface area (TPSA) is 48.7 Å². The van der Waals surface area contributed by atoms with Crippen molar-refractivity contribution in [1.82, 2.24) is 0 Å². The molecule has 0 fully saturated rings. The number of benzene rings is 2. The number of methoxy groups -OCH3 is 2. The number of aldehydes is 1. The summed E-state index contributed by atoms with van der Waals surface area (Å²) in [6, 6.07) is 11.3. The number of fused-ring (bicyclic) bond motifs is 1. The van der Waals surface area contributed by atoms with Crippen LogP contribution in [0.4, 0.5) is 0 Å². The molecule has 1 heterocycles. The van der Waals surface area contributed by atoms with Gasteiger partial charge in [0.1, 0.15) is 17.3 Å². The number of halogens is 1. The van der Waals surface area contributed by atoms with E-state index in [1.165, 1.54) is 7.11 Å². The molecular weight excluding hydrogens is 348 g/mol. The maximum atomic E-state index is 11.4. The first-order valence-electron chi connectivity index (χ1n) is 6.57. The maximum Gasteiger partial charge on any atom is 0.157 e. The molecule has 0 saturated heterocycles. The molecule has 1 aromatic heterocycles. The quantitative estimate of drug-likeness (QED) is 0.633. The van der Waals surface area contributed by atoms with Gasteiger partial charge in [0.15, 0.2) is 11.9 Å². The van der Waals surface area contributed by atoms with Crippen molar-refractivity contribution in [2.75, 3.05) is 14.2 Å². The summed E-state index contributed by atoms with van der Waals surface area (Å²) in [6.45, 7) is 0. The second kappa shape index (κ2) is 5.85. The SMILES string of the molecule is COc1cc(OC)c2cc(-c3ccc(Br)cc3)oc2c1C=O. The van der Waals surface area contributed by atoms with Crippen LogP contribution < -0.4 is 9.47 Å². The van der Waals surface area contributed by atoms with Crippen molar-refractivity contribution >= 4 is 33.2 Å². The summed E-state index contributed by atoms with van der Waals surface area (Å²) in [5.41, 5.74) is 1.75. The highest BCUT2D eigenvalue weighted by atomic mass is 79.9. The van der Waals surface area contributed by atoms with E-state index in [1.54, 1.807) is 13.2 Å². The fraction of sp³-hybridized carbons (Fsp3) is 0.118. The van der Waals surface area contributed by atoms with Crippen LogP contribution in [0.1, 0.15) is 10.4 Å². The smallest absolute Gasteiger partial charge is 0.157 e. The zero-order valence-corrected chi connectivity index (χ0v) is 13.6. The average Bonchev–Trinajstić information content (AvgIpc) is 2.98. The highest BCUT2D eigenvalue weighted by Crippen LogP contribution is 2.39. The van der Waals surface area contributed by atoms with Gasteiger partial charge in [0.25, 0.3) is 0 Å². The first kappa shape index (κ1) is 14.7. The molecule has 0 spiro atoms. The van der Waals surface area contributed by atoms with E-state index in [0.29, 0.717) is 28.4 Å². The molecule has 2 aromatic carbocycles. The molecule has 3 rings (SSSR count). The normalized spacial score (nSPS) is 10.7. The van der Waals surface area contributed by atoms with Crippen molar-refractivity contribution in [2.45, 2.75) is 0 Å². The van der Waals surface area contributed by atoms with Crippen LogP contribution in [0.25, 0.3) is 22.3 Å². The van der Waals surface area contributed by atoms with Gasteiger partial charge >= 0.3 is 0 Å². The van der Waals surface area contributed by atoms with Gasteiger partial charge in [-0.15, -0.1) is 0 Å². The number of ether oxygens (including phenoxy) is 2. The molecule has 0 radical (unpaired) electrons. The van der Waals surface area contributed by atoms with Crippen LogP contribution in [0, 0.1) is 0 Å². The summed E-state index contributed by atoms with van der Waals surface area (Å²) in [6.07, 6.45) is 0.732.